The van der Waals surface area contributed by atoms with E-state index in [9.17, 15) is 9.18 Å². The number of carbonyl (C=O) groups excluding carboxylic acids is 1. The van der Waals surface area contributed by atoms with E-state index in [4.69, 9.17) is 11.6 Å². The van der Waals surface area contributed by atoms with Crippen LogP contribution in [0, 0.1) is 12.7 Å². The van der Waals surface area contributed by atoms with Crippen molar-refractivity contribution in [2.75, 3.05) is 5.32 Å². The van der Waals surface area contributed by atoms with Gasteiger partial charge in [-0.15, -0.1) is 0 Å². The van der Waals surface area contributed by atoms with Crippen molar-refractivity contribution in [2.45, 2.75) is 19.8 Å². The van der Waals surface area contributed by atoms with Crippen LogP contribution in [0.4, 0.5) is 10.1 Å². The van der Waals surface area contributed by atoms with Gasteiger partial charge in [-0.05, 0) is 37.1 Å². The normalized spacial score (nSPS) is 10.7. The SMILES string of the molecule is Cc1nnccc1-n1cc(NC(=O)CCc2ccc(Cl)c(F)c2)cn1. The first-order valence-electron chi connectivity index (χ1n) is 7.60. The highest BCUT2D eigenvalue weighted by Crippen LogP contribution is 2.17. The van der Waals surface area contributed by atoms with Crippen LogP contribution in [0.15, 0.2) is 42.9 Å². The molecule has 1 amide bonds. The number of aromatic nitrogens is 4. The number of benzene rings is 1. The van der Waals surface area contributed by atoms with Gasteiger partial charge in [0, 0.05) is 6.42 Å². The van der Waals surface area contributed by atoms with Gasteiger partial charge in [0.05, 0.1) is 40.7 Å². The van der Waals surface area contributed by atoms with Crippen LogP contribution in [0.1, 0.15) is 17.7 Å². The number of aryl methyl sites for hydroxylation is 2. The molecule has 6 nitrogen and oxygen atoms in total. The van der Waals surface area contributed by atoms with E-state index in [1.807, 2.05) is 6.92 Å². The quantitative estimate of drug-likeness (QED) is 0.758. The Kier molecular flexibility index (Phi) is 5.04. The molecule has 8 heteroatoms. The molecule has 0 fully saturated rings. The fourth-order valence-corrected chi connectivity index (χ4v) is 2.45. The van der Waals surface area contributed by atoms with Crippen molar-refractivity contribution >= 4 is 23.2 Å². The molecule has 25 heavy (non-hydrogen) atoms. The predicted octanol–water partition coefficient (Wildman–Crippen LogP) is 3.33. The van der Waals surface area contributed by atoms with Crippen molar-refractivity contribution in [3.63, 3.8) is 0 Å². The van der Waals surface area contributed by atoms with Crippen molar-refractivity contribution in [2.24, 2.45) is 0 Å². The first-order chi connectivity index (χ1) is 12.0. The molecule has 0 unspecified atom stereocenters. The summed E-state index contributed by atoms with van der Waals surface area (Å²) in [6, 6.07) is 6.32. The van der Waals surface area contributed by atoms with Crippen molar-refractivity contribution in [1.82, 2.24) is 20.0 Å². The van der Waals surface area contributed by atoms with Gasteiger partial charge in [-0.2, -0.15) is 15.3 Å². The number of anilines is 1. The third-order valence-electron chi connectivity index (χ3n) is 3.62. The molecule has 0 radical (unpaired) electrons. The minimum atomic E-state index is -0.484. The number of nitrogens with one attached hydrogen (secondary N) is 1. The van der Waals surface area contributed by atoms with Crippen molar-refractivity contribution in [1.29, 1.82) is 0 Å². The fraction of sp³-hybridized carbons (Fsp3) is 0.176. The summed E-state index contributed by atoms with van der Waals surface area (Å²) < 4.78 is 15.0. The second kappa shape index (κ2) is 7.40. The highest BCUT2D eigenvalue weighted by molar-refractivity contribution is 6.30. The van der Waals surface area contributed by atoms with Gasteiger partial charge >= 0.3 is 0 Å². The van der Waals surface area contributed by atoms with Crippen LogP contribution >= 0.6 is 11.6 Å². The van der Waals surface area contributed by atoms with E-state index in [0.29, 0.717) is 17.7 Å². The summed E-state index contributed by atoms with van der Waals surface area (Å²) in [4.78, 5) is 12.1. The third kappa shape index (κ3) is 4.19. The number of hydrogen-bond donors (Lipinski definition) is 1. The predicted molar refractivity (Wildman–Crippen MR) is 92.3 cm³/mol. The fourth-order valence-electron chi connectivity index (χ4n) is 2.33. The Morgan fingerprint density at radius 2 is 2.20 bits per heavy atom. The van der Waals surface area contributed by atoms with Gasteiger partial charge in [-0.25, -0.2) is 9.07 Å². The molecule has 0 aliphatic heterocycles. The lowest BCUT2D eigenvalue weighted by Gasteiger charge is -2.04. The molecule has 0 atom stereocenters. The van der Waals surface area contributed by atoms with E-state index in [-0.39, 0.29) is 17.4 Å². The summed E-state index contributed by atoms with van der Waals surface area (Å²) in [5.74, 6) is -0.665. The number of rotatable bonds is 5. The van der Waals surface area contributed by atoms with Gasteiger partial charge in [0.15, 0.2) is 0 Å². The van der Waals surface area contributed by atoms with E-state index in [1.165, 1.54) is 12.1 Å². The maximum Gasteiger partial charge on any atom is 0.224 e. The number of hydrogen-bond acceptors (Lipinski definition) is 4. The zero-order chi connectivity index (χ0) is 17.8. The highest BCUT2D eigenvalue weighted by atomic mass is 35.5. The maximum atomic E-state index is 13.4. The Balaban J connectivity index is 1.60. The van der Waals surface area contributed by atoms with Crippen LogP contribution in [-0.4, -0.2) is 25.9 Å². The van der Waals surface area contributed by atoms with Gasteiger partial charge < -0.3 is 5.32 Å². The van der Waals surface area contributed by atoms with Gasteiger partial charge in [-0.1, -0.05) is 17.7 Å². The van der Waals surface area contributed by atoms with Gasteiger partial charge in [0.1, 0.15) is 5.82 Å². The Morgan fingerprint density at radius 3 is 2.96 bits per heavy atom. The molecule has 0 bridgehead atoms. The molecule has 3 aromatic rings. The molecule has 0 saturated heterocycles. The van der Waals surface area contributed by atoms with E-state index in [0.717, 1.165) is 11.4 Å². The average Bonchev–Trinajstić information content (AvgIpc) is 3.04. The smallest absolute Gasteiger partial charge is 0.224 e. The molecule has 1 N–H and O–H groups in total. The summed E-state index contributed by atoms with van der Waals surface area (Å²) >= 11 is 5.64. The lowest BCUT2D eigenvalue weighted by Crippen LogP contribution is -2.12. The summed E-state index contributed by atoms with van der Waals surface area (Å²) in [5, 5.41) is 14.8. The molecule has 128 valence electrons. The Hall–Kier alpha value is -2.80. The van der Waals surface area contributed by atoms with Crippen molar-refractivity contribution < 1.29 is 9.18 Å². The minimum Gasteiger partial charge on any atom is -0.323 e. The Bertz CT molecular complexity index is 912. The Morgan fingerprint density at radius 1 is 1.36 bits per heavy atom. The Labute approximate surface area is 148 Å². The second-order valence-electron chi connectivity index (χ2n) is 5.47. The van der Waals surface area contributed by atoms with Crippen LogP contribution in [-0.2, 0) is 11.2 Å². The van der Waals surface area contributed by atoms with Crippen LogP contribution in [0.3, 0.4) is 0 Å². The molecule has 1 aromatic carbocycles. The molecule has 0 saturated carbocycles. The molecule has 3 rings (SSSR count). The minimum absolute atomic E-state index is 0.0708. The van der Waals surface area contributed by atoms with Crippen molar-refractivity contribution in [3.8, 4) is 5.69 Å². The van der Waals surface area contributed by atoms with E-state index in [1.54, 1.807) is 35.4 Å². The monoisotopic (exact) mass is 359 g/mol. The summed E-state index contributed by atoms with van der Waals surface area (Å²) in [6.07, 6.45) is 5.47. The third-order valence-corrected chi connectivity index (χ3v) is 3.92. The lowest BCUT2D eigenvalue weighted by atomic mass is 10.1. The van der Waals surface area contributed by atoms with E-state index < -0.39 is 5.82 Å². The van der Waals surface area contributed by atoms with Crippen molar-refractivity contribution in [3.05, 3.63) is 65.0 Å². The topological polar surface area (TPSA) is 72.7 Å². The highest BCUT2D eigenvalue weighted by Gasteiger charge is 2.09. The van der Waals surface area contributed by atoms with Gasteiger partial charge in [0.25, 0.3) is 0 Å². The maximum absolute atomic E-state index is 13.4. The second-order valence-corrected chi connectivity index (χ2v) is 5.88. The van der Waals surface area contributed by atoms with E-state index >= 15 is 0 Å². The molecular formula is C17H15ClFN5O. The average molecular weight is 360 g/mol. The first kappa shape index (κ1) is 17.0. The molecule has 0 aliphatic carbocycles. The van der Waals surface area contributed by atoms with Crippen LogP contribution in [0.2, 0.25) is 5.02 Å². The molecule has 0 aliphatic rings. The van der Waals surface area contributed by atoms with E-state index in [2.05, 4.69) is 20.6 Å². The summed E-state index contributed by atoms with van der Waals surface area (Å²) in [6.45, 7) is 1.83. The number of nitrogens with zero attached hydrogens (tertiary/aromatic N) is 4. The number of carbonyl (C=O) groups is 1. The number of halogens is 2. The zero-order valence-electron chi connectivity index (χ0n) is 13.4. The lowest BCUT2D eigenvalue weighted by molar-refractivity contribution is -0.116. The summed E-state index contributed by atoms with van der Waals surface area (Å²) in [5.41, 5.74) is 2.80. The van der Waals surface area contributed by atoms with Crippen LogP contribution < -0.4 is 5.32 Å². The van der Waals surface area contributed by atoms with Gasteiger partial charge in [0.2, 0.25) is 5.91 Å². The molecule has 2 aromatic heterocycles. The first-order valence-corrected chi connectivity index (χ1v) is 7.98. The van der Waals surface area contributed by atoms with Crippen LogP contribution in [0.25, 0.3) is 5.69 Å². The molecule has 2 heterocycles. The molecule has 0 spiro atoms. The van der Waals surface area contributed by atoms with Gasteiger partial charge in [-0.3, -0.25) is 4.79 Å². The standard InChI is InChI=1S/C17H15ClFN5O/c1-11-16(6-7-20-23-11)24-10-13(9-21-24)22-17(25)5-3-12-2-4-14(18)15(19)8-12/h2,4,6-10H,3,5H2,1H3,(H,22,25). The summed E-state index contributed by atoms with van der Waals surface area (Å²) in [7, 11) is 0. The largest absolute Gasteiger partial charge is 0.323 e. The zero-order valence-corrected chi connectivity index (χ0v) is 14.2. The number of amides is 1. The molecular weight excluding hydrogens is 345 g/mol. The van der Waals surface area contributed by atoms with Crippen LogP contribution in [0.5, 0.6) is 0 Å².